The molecule has 1 heterocycles. The van der Waals surface area contributed by atoms with E-state index < -0.39 is 5.60 Å². The Morgan fingerprint density at radius 3 is 2.88 bits per heavy atom. The minimum absolute atomic E-state index is 0.526. The van der Waals surface area contributed by atoms with Crippen LogP contribution >= 0.6 is 0 Å². The van der Waals surface area contributed by atoms with Gasteiger partial charge < -0.3 is 15.7 Å². The summed E-state index contributed by atoms with van der Waals surface area (Å²) in [5.41, 5.74) is -0.526. The van der Waals surface area contributed by atoms with Gasteiger partial charge in [-0.1, -0.05) is 6.92 Å². The first-order chi connectivity index (χ1) is 8.22. The third-order valence-electron chi connectivity index (χ3n) is 3.07. The van der Waals surface area contributed by atoms with Crippen molar-refractivity contribution in [3.05, 3.63) is 12.3 Å². The lowest BCUT2D eigenvalue weighted by atomic mass is 9.80. The molecule has 0 spiro atoms. The average Bonchev–Trinajstić information content (AvgIpc) is 2.32. The fourth-order valence-electron chi connectivity index (χ4n) is 1.80. The van der Waals surface area contributed by atoms with Crippen LogP contribution in [-0.4, -0.2) is 33.8 Å². The van der Waals surface area contributed by atoms with Crippen molar-refractivity contribution >= 4 is 11.8 Å². The van der Waals surface area contributed by atoms with Gasteiger partial charge in [0.25, 0.3) is 0 Å². The lowest BCUT2D eigenvalue weighted by Gasteiger charge is -2.36. The van der Waals surface area contributed by atoms with Crippen molar-refractivity contribution < 1.29 is 5.11 Å². The molecule has 0 atom stereocenters. The van der Waals surface area contributed by atoms with Crippen LogP contribution in [0.5, 0.6) is 0 Å². The molecule has 94 valence electrons. The molecule has 1 aliphatic carbocycles. The second-order valence-corrected chi connectivity index (χ2v) is 4.62. The predicted molar refractivity (Wildman–Crippen MR) is 68.1 cm³/mol. The Kier molecular flexibility index (Phi) is 3.78. The van der Waals surface area contributed by atoms with Gasteiger partial charge in [0.2, 0.25) is 5.95 Å². The first kappa shape index (κ1) is 12.1. The van der Waals surface area contributed by atoms with Gasteiger partial charge in [-0.3, -0.25) is 0 Å². The fraction of sp³-hybridized carbons (Fsp3) is 0.667. The van der Waals surface area contributed by atoms with Crippen molar-refractivity contribution in [2.75, 3.05) is 23.7 Å². The first-order valence-corrected chi connectivity index (χ1v) is 6.25. The Labute approximate surface area is 102 Å². The van der Waals surface area contributed by atoms with E-state index in [9.17, 15) is 5.11 Å². The molecule has 2 rings (SSSR count). The third kappa shape index (κ3) is 3.30. The normalized spacial score (nSPS) is 17.3. The fourth-order valence-corrected chi connectivity index (χ4v) is 1.80. The van der Waals surface area contributed by atoms with Crippen LogP contribution in [-0.2, 0) is 0 Å². The Balaban J connectivity index is 1.87. The summed E-state index contributed by atoms with van der Waals surface area (Å²) in [5.74, 6) is 1.40. The van der Waals surface area contributed by atoms with Crippen LogP contribution in [0.25, 0.3) is 0 Å². The van der Waals surface area contributed by atoms with Crippen molar-refractivity contribution in [3.8, 4) is 0 Å². The molecule has 1 saturated carbocycles. The molecule has 1 aliphatic rings. The maximum Gasteiger partial charge on any atom is 0.224 e. The molecule has 0 aromatic carbocycles. The Bertz CT molecular complexity index is 365. The van der Waals surface area contributed by atoms with Crippen LogP contribution in [0.1, 0.15) is 32.6 Å². The Morgan fingerprint density at radius 1 is 1.41 bits per heavy atom. The molecule has 5 nitrogen and oxygen atoms in total. The SMILES string of the molecule is CCCNc1nccc(NCC2(O)CCC2)n1. The van der Waals surface area contributed by atoms with E-state index in [1.165, 1.54) is 0 Å². The number of nitrogens with zero attached hydrogens (tertiary/aromatic N) is 2. The van der Waals surface area contributed by atoms with Crippen molar-refractivity contribution in [2.24, 2.45) is 0 Å². The van der Waals surface area contributed by atoms with Gasteiger partial charge in [0.1, 0.15) is 5.82 Å². The smallest absolute Gasteiger partial charge is 0.224 e. The molecule has 17 heavy (non-hydrogen) atoms. The van der Waals surface area contributed by atoms with Crippen molar-refractivity contribution in [2.45, 2.75) is 38.2 Å². The zero-order valence-electron chi connectivity index (χ0n) is 10.2. The predicted octanol–water partition coefficient (Wildman–Crippen LogP) is 1.63. The topological polar surface area (TPSA) is 70.1 Å². The van der Waals surface area contributed by atoms with Crippen LogP contribution in [0, 0.1) is 0 Å². The molecule has 0 saturated heterocycles. The van der Waals surface area contributed by atoms with Crippen molar-refractivity contribution in [3.63, 3.8) is 0 Å². The standard InChI is InChI=1S/C12H20N4O/c1-2-7-13-11-14-8-4-10(16-11)15-9-12(17)5-3-6-12/h4,8,17H,2-3,5-7,9H2,1H3,(H2,13,14,15,16). The molecule has 0 bridgehead atoms. The second-order valence-electron chi connectivity index (χ2n) is 4.62. The highest BCUT2D eigenvalue weighted by molar-refractivity contribution is 5.39. The van der Waals surface area contributed by atoms with Crippen molar-refractivity contribution in [1.29, 1.82) is 0 Å². The number of aliphatic hydroxyl groups is 1. The molecular formula is C12H20N4O. The summed E-state index contributed by atoms with van der Waals surface area (Å²) >= 11 is 0. The maximum atomic E-state index is 9.96. The summed E-state index contributed by atoms with van der Waals surface area (Å²) in [6, 6.07) is 1.82. The first-order valence-electron chi connectivity index (χ1n) is 6.25. The Morgan fingerprint density at radius 2 is 2.24 bits per heavy atom. The van der Waals surface area contributed by atoms with E-state index in [4.69, 9.17) is 0 Å². The van der Waals surface area contributed by atoms with Gasteiger partial charge in [0.05, 0.1) is 5.60 Å². The zero-order valence-corrected chi connectivity index (χ0v) is 10.2. The van der Waals surface area contributed by atoms with E-state index in [-0.39, 0.29) is 0 Å². The van der Waals surface area contributed by atoms with Gasteiger partial charge in [0, 0.05) is 19.3 Å². The summed E-state index contributed by atoms with van der Waals surface area (Å²) < 4.78 is 0. The summed E-state index contributed by atoms with van der Waals surface area (Å²) in [5, 5.41) is 16.3. The summed E-state index contributed by atoms with van der Waals surface area (Å²) in [6.07, 6.45) is 5.64. The van der Waals surface area contributed by atoms with E-state index in [0.717, 1.165) is 38.0 Å². The minimum atomic E-state index is -0.526. The molecule has 5 heteroatoms. The summed E-state index contributed by atoms with van der Waals surface area (Å²) in [7, 11) is 0. The molecular weight excluding hydrogens is 216 g/mol. The molecule has 3 N–H and O–H groups in total. The molecule has 1 aromatic rings. The Hall–Kier alpha value is -1.36. The largest absolute Gasteiger partial charge is 0.388 e. The van der Waals surface area contributed by atoms with Crippen LogP contribution < -0.4 is 10.6 Å². The van der Waals surface area contributed by atoms with Gasteiger partial charge in [-0.2, -0.15) is 4.98 Å². The number of anilines is 2. The number of aromatic nitrogens is 2. The van der Waals surface area contributed by atoms with Crippen molar-refractivity contribution in [1.82, 2.24) is 9.97 Å². The number of hydrogen-bond donors (Lipinski definition) is 3. The highest BCUT2D eigenvalue weighted by Gasteiger charge is 2.33. The maximum absolute atomic E-state index is 9.96. The van der Waals surface area contributed by atoms with E-state index in [1.807, 2.05) is 6.07 Å². The van der Waals surface area contributed by atoms with Gasteiger partial charge in [-0.25, -0.2) is 4.98 Å². The lowest BCUT2D eigenvalue weighted by molar-refractivity contribution is -0.0202. The highest BCUT2D eigenvalue weighted by atomic mass is 16.3. The molecule has 1 aromatic heterocycles. The van der Waals surface area contributed by atoms with Gasteiger partial charge in [0.15, 0.2) is 0 Å². The minimum Gasteiger partial charge on any atom is -0.388 e. The number of rotatable bonds is 6. The number of nitrogens with one attached hydrogen (secondary N) is 2. The van der Waals surface area contributed by atoms with Crippen LogP contribution in [0.3, 0.4) is 0 Å². The molecule has 0 amide bonds. The molecule has 0 aliphatic heterocycles. The van der Waals surface area contributed by atoms with E-state index in [1.54, 1.807) is 6.20 Å². The molecule has 0 radical (unpaired) electrons. The van der Waals surface area contributed by atoms with Crippen LogP contribution in [0.2, 0.25) is 0 Å². The lowest BCUT2D eigenvalue weighted by Crippen LogP contribution is -2.43. The molecule has 0 unspecified atom stereocenters. The molecule has 1 fully saturated rings. The summed E-state index contributed by atoms with van der Waals surface area (Å²) in [4.78, 5) is 8.46. The van der Waals surface area contributed by atoms with Crippen LogP contribution in [0.4, 0.5) is 11.8 Å². The zero-order chi connectivity index (χ0) is 12.1. The van der Waals surface area contributed by atoms with E-state index in [2.05, 4.69) is 27.5 Å². The third-order valence-corrected chi connectivity index (χ3v) is 3.07. The van der Waals surface area contributed by atoms with Gasteiger partial charge in [-0.05, 0) is 31.7 Å². The van der Waals surface area contributed by atoms with E-state index in [0.29, 0.717) is 12.5 Å². The highest BCUT2D eigenvalue weighted by Crippen LogP contribution is 2.31. The monoisotopic (exact) mass is 236 g/mol. The van der Waals surface area contributed by atoms with Gasteiger partial charge >= 0.3 is 0 Å². The quantitative estimate of drug-likeness (QED) is 0.700. The average molecular weight is 236 g/mol. The number of hydrogen-bond acceptors (Lipinski definition) is 5. The van der Waals surface area contributed by atoms with Crippen LogP contribution in [0.15, 0.2) is 12.3 Å². The summed E-state index contributed by atoms with van der Waals surface area (Å²) in [6.45, 7) is 3.53. The van der Waals surface area contributed by atoms with Gasteiger partial charge in [-0.15, -0.1) is 0 Å². The second kappa shape index (κ2) is 5.31. The van der Waals surface area contributed by atoms with E-state index >= 15 is 0 Å².